The Kier molecular flexibility index (Phi) is 5.43. The van der Waals surface area contributed by atoms with Gasteiger partial charge < -0.3 is 10.6 Å². The lowest BCUT2D eigenvalue weighted by atomic mass is 10.1. The number of nitrogens with zero attached hydrogens (tertiary/aromatic N) is 2. The maximum atomic E-state index is 12.4. The van der Waals surface area contributed by atoms with Crippen molar-refractivity contribution in [3.05, 3.63) is 78.0 Å². The van der Waals surface area contributed by atoms with Gasteiger partial charge in [0.2, 0.25) is 5.91 Å². The van der Waals surface area contributed by atoms with Gasteiger partial charge >= 0.3 is 0 Å². The lowest BCUT2D eigenvalue weighted by Gasteiger charge is -2.06. The van der Waals surface area contributed by atoms with E-state index in [0.29, 0.717) is 12.4 Å². The zero-order valence-electron chi connectivity index (χ0n) is 14.5. The minimum absolute atomic E-state index is 0.224. The Labute approximate surface area is 151 Å². The molecule has 0 saturated carbocycles. The molecule has 0 unspecified atom stereocenters. The summed E-state index contributed by atoms with van der Waals surface area (Å²) in [5.41, 5.74) is 2.17. The number of rotatable bonds is 6. The number of hydrogen-bond acceptors (Lipinski definition) is 3. The standard InChI is InChI=1S/C20H20N4O2/c1-15(25)22-19-14-18(23-24(19)17-10-6-3-7-11-17)20(26)21-13-12-16-8-4-2-5-9-16/h2-11,14H,12-13H2,1H3,(H,21,26)(H,22,25). The molecule has 0 spiro atoms. The van der Waals surface area contributed by atoms with E-state index in [1.54, 1.807) is 10.7 Å². The summed E-state index contributed by atoms with van der Waals surface area (Å²) < 4.78 is 1.55. The molecule has 3 aromatic rings. The van der Waals surface area contributed by atoms with Crippen molar-refractivity contribution in [3.8, 4) is 5.69 Å². The normalized spacial score (nSPS) is 10.3. The fourth-order valence-corrected chi connectivity index (χ4v) is 2.58. The highest BCUT2D eigenvalue weighted by Gasteiger charge is 2.16. The van der Waals surface area contributed by atoms with E-state index in [1.807, 2.05) is 60.7 Å². The summed E-state index contributed by atoms with van der Waals surface area (Å²) in [5, 5.41) is 9.92. The van der Waals surface area contributed by atoms with Gasteiger partial charge in [0.05, 0.1) is 5.69 Å². The van der Waals surface area contributed by atoms with Gasteiger partial charge in [0.1, 0.15) is 5.82 Å². The predicted molar refractivity (Wildman–Crippen MR) is 100 cm³/mol. The van der Waals surface area contributed by atoms with Gasteiger partial charge in [-0.05, 0) is 24.1 Å². The molecule has 0 saturated heterocycles. The average Bonchev–Trinajstić information content (AvgIpc) is 3.06. The Morgan fingerprint density at radius 3 is 2.31 bits per heavy atom. The number of para-hydroxylation sites is 1. The monoisotopic (exact) mass is 348 g/mol. The molecule has 0 atom stereocenters. The minimum Gasteiger partial charge on any atom is -0.350 e. The van der Waals surface area contributed by atoms with E-state index in [9.17, 15) is 9.59 Å². The van der Waals surface area contributed by atoms with Crippen LogP contribution in [0, 0.1) is 0 Å². The lowest BCUT2D eigenvalue weighted by Crippen LogP contribution is -2.26. The Balaban J connectivity index is 1.73. The highest BCUT2D eigenvalue weighted by Crippen LogP contribution is 2.17. The van der Waals surface area contributed by atoms with E-state index >= 15 is 0 Å². The van der Waals surface area contributed by atoms with Crippen LogP contribution < -0.4 is 10.6 Å². The maximum absolute atomic E-state index is 12.4. The van der Waals surface area contributed by atoms with Crippen LogP contribution in [-0.4, -0.2) is 28.1 Å². The third-order valence-corrected chi connectivity index (χ3v) is 3.79. The third kappa shape index (κ3) is 4.36. The van der Waals surface area contributed by atoms with Gasteiger partial charge in [-0.25, -0.2) is 4.68 Å². The summed E-state index contributed by atoms with van der Waals surface area (Å²) in [6, 6.07) is 20.9. The molecular weight excluding hydrogens is 328 g/mol. The van der Waals surface area contributed by atoms with Crippen LogP contribution in [0.1, 0.15) is 23.0 Å². The molecule has 6 nitrogen and oxygen atoms in total. The van der Waals surface area contributed by atoms with Crippen LogP contribution in [0.4, 0.5) is 5.82 Å². The second-order valence-electron chi connectivity index (χ2n) is 5.83. The quantitative estimate of drug-likeness (QED) is 0.719. The van der Waals surface area contributed by atoms with Crippen molar-refractivity contribution in [3.63, 3.8) is 0 Å². The first-order valence-corrected chi connectivity index (χ1v) is 8.38. The first-order chi connectivity index (χ1) is 12.6. The maximum Gasteiger partial charge on any atom is 0.271 e. The van der Waals surface area contributed by atoms with Gasteiger partial charge in [-0.1, -0.05) is 48.5 Å². The molecule has 1 aromatic heterocycles. The summed E-state index contributed by atoms with van der Waals surface area (Å²) in [5.74, 6) is -0.0442. The minimum atomic E-state index is -0.276. The molecule has 0 bridgehead atoms. The molecule has 0 radical (unpaired) electrons. The molecule has 3 rings (SSSR count). The zero-order valence-corrected chi connectivity index (χ0v) is 14.5. The molecule has 1 heterocycles. The van der Waals surface area contributed by atoms with E-state index in [2.05, 4.69) is 15.7 Å². The number of aromatic nitrogens is 2. The summed E-state index contributed by atoms with van der Waals surface area (Å²) in [4.78, 5) is 23.9. The first kappa shape index (κ1) is 17.4. The van der Waals surface area contributed by atoms with Crippen LogP contribution in [0.5, 0.6) is 0 Å². The molecule has 0 aliphatic carbocycles. The van der Waals surface area contributed by atoms with E-state index in [-0.39, 0.29) is 17.5 Å². The number of benzene rings is 2. The molecular formula is C20H20N4O2. The van der Waals surface area contributed by atoms with E-state index in [4.69, 9.17) is 0 Å². The second kappa shape index (κ2) is 8.11. The largest absolute Gasteiger partial charge is 0.350 e. The van der Waals surface area contributed by atoms with E-state index in [0.717, 1.165) is 17.7 Å². The Morgan fingerprint density at radius 2 is 1.65 bits per heavy atom. The number of hydrogen-bond donors (Lipinski definition) is 2. The van der Waals surface area contributed by atoms with Crippen molar-refractivity contribution in [1.82, 2.24) is 15.1 Å². The third-order valence-electron chi connectivity index (χ3n) is 3.79. The fraction of sp³-hybridized carbons (Fsp3) is 0.150. The first-order valence-electron chi connectivity index (χ1n) is 8.38. The highest BCUT2D eigenvalue weighted by molar-refractivity contribution is 5.95. The highest BCUT2D eigenvalue weighted by atomic mass is 16.2. The molecule has 26 heavy (non-hydrogen) atoms. The lowest BCUT2D eigenvalue weighted by molar-refractivity contribution is -0.114. The van der Waals surface area contributed by atoms with Crippen molar-refractivity contribution >= 4 is 17.6 Å². The molecule has 2 amide bonds. The van der Waals surface area contributed by atoms with Gasteiger partial charge in [-0.2, -0.15) is 5.10 Å². The van der Waals surface area contributed by atoms with Crippen molar-refractivity contribution in [2.75, 3.05) is 11.9 Å². The van der Waals surface area contributed by atoms with Crippen LogP contribution in [0.25, 0.3) is 5.69 Å². The van der Waals surface area contributed by atoms with E-state index in [1.165, 1.54) is 6.92 Å². The van der Waals surface area contributed by atoms with Crippen molar-refractivity contribution in [2.24, 2.45) is 0 Å². The van der Waals surface area contributed by atoms with Crippen LogP contribution in [-0.2, 0) is 11.2 Å². The molecule has 2 N–H and O–H groups in total. The van der Waals surface area contributed by atoms with Gasteiger partial charge in [-0.15, -0.1) is 0 Å². The van der Waals surface area contributed by atoms with Crippen molar-refractivity contribution in [1.29, 1.82) is 0 Å². The number of carbonyl (C=O) groups excluding carboxylic acids is 2. The summed E-state index contributed by atoms with van der Waals surface area (Å²) in [6.07, 6.45) is 0.741. The van der Waals surface area contributed by atoms with Crippen LogP contribution in [0.3, 0.4) is 0 Å². The van der Waals surface area contributed by atoms with Gasteiger partial charge in [0.15, 0.2) is 5.69 Å². The molecule has 0 aliphatic heterocycles. The number of amides is 2. The van der Waals surface area contributed by atoms with Gasteiger partial charge in [0, 0.05) is 19.5 Å². The zero-order chi connectivity index (χ0) is 18.4. The smallest absolute Gasteiger partial charge is 0.271 e. The van der Waals surface area contributed by atoms with Crippen molar-refractivity contribution < 1.29 is 9.59 Å². The molecule has 132 valence electrons. The van der Waals surface area contributed by atoms with Gasteiger partial charge in [0.25, 0.3) is 5.91 Å². The number of anilines is 1. The Bertz CT molecular complexity index is 889. The summed E-state index contributed by atoms with van der Waals surface area (Å²) >= 11 is 0. The van der Waals surface area contributed by atoms with Crippen LogP contribution in [0.15, 0.2) is 66.7 Å². The predicted octanol–water partition coefficient (Wildman–Crippen LogP) is 2.80. The van der Waals surface area contributed by atoms with Gasteiger partial charge in [-0.3, -0.25) is 9.59 Å². The molecule has 2 aromatic carbocycles. The SMILES string of the molecule is CC(=O)Nc1cc(C(=O)NCCc2ccccc2)nn1-c1ccccc1. The van der Waals surface area contributed by atoms with Crippen LogP contribution >= 0.6 is 0 Å². The van der Waals surface area contributed by atoms with E-state index < -0.39 is 0 Å². The molecule has 0 fully saturated rings. The van der Waals surface area contributed by atoms with Crippen molar-refractivity contribution in [2.45, 2.75) is 13.3 Å². The summed E-state index contributed by atoms with van der Waals surface area (Å²) in [6.45, 7) is 1.93. The van der Waals surface area contributed by atoms with Crippen LogP contribution in [0.2, 0.25) is 0 Å². The Morgan fingerprint density at radius 1 is 1.00 bits per heavy atom. The summed E-state index contributed by atoms with van der Waals surface area (Å²) in [7, 11) is 0. The average molecular weight is 348 g/mol. The number of nitrogens with one attached hydrogen (secondary N) is 2. The topological polar surface area (TPSA) is 76.0 Å². The fourth-order valence-electron chi connectivity index (χ4n) is 2.58. The molecule has 6 heteroatoms. The molecule has 0 aliphatic rings. The Hall–Kier alpha value is -3.41. The second-order valence-corrected chi connectivity index (χ2v) is 5.83. The number of carbonyl (C=O) groups is 2.